The van der Waals surface area contributed by atoms with E-state index in [9.17, 15) is 0 Å². The molecule has 10 heavy (non-hydrogen) atoms. The summed E-state index contributed by atoms with van der Waals surface area (Å²) in [4.78, 5) is 3.96. The second-order valence-corrected chi connectivity index (χ2v) is 2.57. The summed E-state index contributed by atoms with van der Waals surface area (Å²) in [5, 5.41) is 9.61. The molecule has 0 atom stereocenters. The smallest absolute Gasteiger partial charge is 0.131 e. The Kier molecular flexibility index (Phi) is 2.39. The molecule has 0 aromatic heterocycles. The predicted molar refractivity (Wildman–Crippen MR) is 45.5 cm³/mol. The molecule has 0 unspecified atom stereocenters. The van der Waals surface area contributed by atoms with Gasteiger partial charge in [-0.2, -0.15) is 0 Å². The fourth-order valence-corrected chi connectivity index (χ4v) is 0.736. The van der Waals surface area contributed by atoms with Crippen LogP contribution < -0.4 is 5.32 Å². The molecule has 1 rings (SSSR count). The van der Waals surface area contributed by atoms with Crippen LogP contribution in [0.25, 0.3) is 0 Å². The lowest BCUT2D eigenvalue weighted by Crippen LogP contribution is -2.07. The molecular weight excluding hydrogens is 194 g/mol. The molecular formula is C6H6BrN3. The third-order valence-corrected chi connectivity index (χ3v) is 1.36. The van der Waals surface area contributed by atoms with Crippen LogP contribution in [-0.2, 0) is 0 Å². The van der Waals surface area contributed by atoms with E-state index in [1.807, 2.05) is 0 Å². The molecule has 0 aromatic carbocycles. The lowest BCUT2D eigenvalue weighted by molar-refractivity contribution is 1.02. The van der Waals surface area contributed by atoms with Crippen molar-refractivity contribution in [3.05, 3.63) is 22.6 Å². The first-order chi connectivity index (χ1) is 4.83. The van der Waals surface area contributed by atoms with Crippen LogP contribution in [0.15, 0.2) is 27.6 Å². The molecule has 0 fully saturated rings. The highest BCUT2D eigenvalue weighted by Gasteiger charge is 1.95. The van der Waals surface area contributed by atoms with Crippen LogP contribution in [0.5, 0.6) is 0 Å². The summed E-state index contributed by atoms with van der Waals surface area (Å²) in [7, 11) is 0. The molecule has 0 aliphatic carbocycles. The summed E-state index contributed by atoms with van der Waals surface area (Å²) in [5.41, 5.74) is 0. The van der Waals surface area contributed by atoms with Crippen molar-refractivity contribution in [1.82, 2.24) is 5.32 Å². The molecule has 3 nitrogen and oxygen atoms in total. The SMILES string of the molecule is N=C/C=C1/N=CC(Br)=CN1. The Bertz CT molecular complexity index is 227. The topological polar surface area (TPSA) is 48.2 Å². The lowest BCUT2D eigenvalue weighted by Gasteiger charge is -2.04. The van der Waals surface area contributed by atoms with E-state index in [0.29, 0.717) is 5.82 Å². The van der Waals surface area contributed by atoms with E-state index in [1.165, 1.54) is 6.21 Å². The number of hydrogen-bond acceptors (Lipinski definition) is 3. The van der Waals surface area contributed by atoms with Crippen LogP contribution in [0, 0.1) is 5.41 Å². The first-order valence-electron chi connectivity index (χ1n) is 2.70. The summed E-state index contributed by atoms with van der Waals surface area (Å²) in [5.74, 6) is 0.679. The Hall–Kier alpha value is -0.900. The number of halogens is 1. The van der Waals surface area contributed by atoms with Crippen molar-refractivity contribution in [1.29, 1.82) is 5.41 Å². The van der Waals surface area contributed by atoms with E-state index >= 15 is 0 Å². The van der Waals surface area contributed by atoms with Crippen molar-refractivity contribution in [3.8, 4) is 0 Å². The molecule has 0 radical (unpaired) electrons. The third-order valence-electron chi connectivity index (χ3n) is 0.926. The molecule has 0 spiro atoms. The van der Waals surface area contributed by atoms with E-state index in [2.05, 4.69) is 26.2 Å². The van der Waals surface area contributed by atoms with Gasteiger partial charge in [0.1, 0.15) is 5.82 Å². The van der Waals surface area contributed by atoms with Gasteiger partial charge in [-0.1, -0.05) is 0 Å². The van der Waals surface area contributed by atoms with Gasteiger partial charge in [0.15, 0.2) is 0 Å². The third kappa shape index (κ3) is 1.80. The Balaban J connectivity index is 2.69. The van der Waals surface area contributed by atoms with E-state index in [1.54, 1.807) is 18.5 Å². The number of nitrogens with zero attached hydrogens (tertiary/aromatic N) is 1. The standard InChI is InChI=1S/C6H6BrN3/c7-5-3-9-6(1-2-8)10-4-5/h1-4,8-9H/b6-1+,8-2?. The minimum absolute atomic E-state index is 0.679. The van der Waals surface area contributed by atoms with Crippen LogP contribution in [0.1, 0.15) is 0 Å². The van der Waals surface area contributed by atoms with Gasteiger partial charge in [0.05, 0.1) is 4.48 Å². The summed E-state index contributed by atoms with van der Waals surface area (Å²) in [6.45, 7) is 0. The largest absolute Gasteiger partial charge is 0.345 e. The maximum absolute atomic E-state index is 6.74. The normalized spacial score (nSPS) is 20.1. The van der Waals surface area contributed by atoms with Crippen molar-refractivity contribution < 1.29 is 0 Å². The molecule has 0 saturated heterocycles. The van der Waals surface area contributed by atoms with Gasteiger partial charge in [0.25, 0.3) is 0 Å². The monoisotopic (exact) mass is 199 g/mol. The van der Waals surface area contributed by atoms with Gasteiger partial charge in [-0.15, -0.1) is 0 Å². The second kappa shape index (κ2) is 3.31. The lowest BCUT2D eigenvalue weighted by atomic mass is 10.5. The summed E-state index contributed by atoms with van der Waals surface area (Å²) in [6.07, 6.45) is 6.20. The number of rotatable bonds is 1. The number of hydrogen-bond donors (Lipinski definition) is 2. The van der Waals surface area contributed by atoms with E-state index < -0.39 is 0 Å². The van der Waals surface area contributed by atoms with Crippen LogP contribution in [-0.4, -0.2) is 12.4 Å². The summed E-state index contributed by atoms with van der Waals surface area (Å²) in [6, 6.07) is 0. The Morgan fingerprint density at radius 2 is 2.50 bits per heavy atom. The van der Waals surface area contributed by atoms with E-state index in [4.69, 9.17) is 5.41 Å². The Morgan fingerprint density at radius 3 is 3.00 bits per heavy atom. The van der Waals surface area contributed by atoms with Crippen molar-refractivity contribution in [3.63, 3.8) is 0 Å². The maximum atomic E-state index is 6.74. The highest BCUT2D eigenvalue weighted by Crippen LogP contribution is 2.05. The average molecular weight is 200 g/mol. The van der Waals surface area contributed by atoms with Gasteiger partial charge < -0.3 is 10.7 Å². The van der Waals surface area contributed by atoms with Gasteiger partial charge in [-0.25, -0.2) is 4.99 Å². The van der Waals surface area contributed by atoms with Crippen LogP contribution >= 0.6 is 15.9 Å². The first-order valence-corrected chi connectivity index (χ1v) is 3.49. The number of allylic oxidation sites excluding steroid dienone is 2. The predicted octanol–water partition coefficient (Wildman–Crippen LogP) is 1.39. The van der Waals surface area contributed by atoms with Gasteiger partial charge >= 0.3 is 0 Å². The summed E-state index contributed by atoms with van der Waals surface area (Å²) >= 11 is 3.23. The molecule has 52 valence electrons. The van der Waals surface area contributed by atoms with Gasteiger partial charge in [0.2, 0.25) is 0 Å². The van der Waals surface area contributed by atoms with E-state index in [0.717, 1.165) is 4.48 Å². The molecule has 1 aliphatic heterocycles. The summed E-state index contributed by atoms with van der Waals surface area (Å²) < 4.78 is 0.898. The van der Waals surface area contributed by atoms with Gasteiger partial charge in [-0.05, 0) is 22.0 Å². The van der Waals surface area contributed by atoms with Crippen molar-refractivity contribution in [2.75, 3.05) is 0 Å². The maximum Gasteiger partial charge on any atom is 0.131 e. The van der Waals surface area contributed by atoms with Crippen molar-refractivity contribution >= 4 is 28.4 Å². The Labute approximate surface area is 67.2 Å². The molecule has 0 amide bonds. The zero-order valence-corrected chi connectivity index (χ0v) is 6.72. The van der Waals surface area contributed by atoms with Crippen molar-refractivity contribution in [2.45, 2.75) is 0 Å². The molecule has 0 aromatic rings. The van der Waals surface area contributed by atoms with E-state index in [-0.39, 0.29) is 0 Å². The zero-order valence-electron chi connectivity index (χ0n) is 5.13. The molecule has 2 N–H and O–H groups in total. The molecule has 1 heterocycles. The number of nitrogens with one attached hydrogen (secondary N) is 2. The fourth-order valence-electron chi connectivity index (χ4n) is 0.519. The first kappa shape index (κ1) is 7.21. The zero-order chi connectivity index (χ0) is 7.40. The second-order valence-electron chi connectivity index (χ2n) is 1.65. The number of aliphatic imine (C=N–C) groups is 1. The van der Waals surface area contributed by atoms with Gasteiger partial charge in [-0.3, -0.25) is 0 Å². The Morgan fingerprint density at radius 1 is 1.70 bits per heavy atom. The molecule has 1 aliphatic rings. The highest BCUT2D eigenvalue weighted by atomic mass is 79.9. The highest BCUT2D eigenvalue weighted by molar-refractivity contribution is 9.12. The van der Waals surface area contributed by atoms with Crippen LogP contribution in [0.2, 0.25) is 0 Å². The average Bonchev–Trinajstić information content (AvgIpc) is 1.95. The van der Waals surface area contributed by atoms with Gasteiger partial charge in [0, 0.05) is 18.6 Å². The van der Waals surface area contributed by atoms with Crippen molar-refractivity contribution in [2.24, 2.45) is 4.99 Å². The van der Waals surface area contributed by atoms with Crippen LogP contribution in [0.4, 0.5) is 0 Å². The molecule has 0 saturated carbocycles. The molecule has 4 heteroatoms. The quantitative estimate of drug-likeness (QED) is 0.617. The fraction of sp³-hybridized carbons (Fsp3) is 0. The van der Waals surface area contributed by atoms with Crippen LogP contribution in [0.3, 0.4) is 0 Å². The minimum Gasteiger partial charge on any atom is -0.345 e. The molecule has 0 bridgehead atoms. The minimum atomic E-state index is 0.679.